The van der Waals surface area contributed by atoms with Crippen LogP contribution >= 0.6 is 0 Å². The molecule has 0 atom stereocenters. The van der Waals surface area contributed by atoms with Gasteiger partial charge in [-0.25, -0.2) is 0 Å². The summed E-state index contributed by atoms with van der Waals surface area (Å²) < 4.78 is 0. The molecule has 1 heterocycles. The van der Waals surface area contributed by atoms with Crippen molar-refractivity contribution in [1.82, 2.24) is 15.0 Å². The third kappa shape index (κ3) is 4.30. The number of anilines is 5. The highest BCUT2D eigenvalue weighted by Crippen LogP contribution is 2.29. The highest BCUT2D eigenvalue weighted by molar-refractivity contribution is 5.65. The molecule has 3 aromatic rings. The molecule has 27 heavy (non-hydrogen) atoms. The third-order valence-corrected chi connectivity index (χ3v) is 4.09. The molecule has 0 aliphatic heterocycles. The van der Waals surface area contributed by atoms with E-state index in [9.17, 15) is 0 Å². The highest BCUT2D eigenvalue weighted by atomic mass is 15.2. The first-order chi connectivity index (χ1) is 13.0. The van der Waals surface area contributed by atoms with Crippen LogP contribution < -0.4 is 16.4 Å². The number of nitriles is 1. The van der Waals surface area contributed by atoms with Crippen LogP contribution in [0.3, 0.4) is 0 Å². The van der Waals surface area contributed by atoms with Gasteiger partial charge in [0.25, 0.3) is 0 Å². The molecule has 136 valence electrons. The van der Waals surface area contributed by atoms with E-state index < -0.39 is 0 Å². The summed E-state index contributed by atoms with van der Waals surface area (Å²) in [6.45, 7) is 6.31. The normalized spacial score (nSPS) is 10.5. The van der Waals surface area contributed by atoms with Gasteiger partial charge in [0.15, 0.2) is 0 Å². The van der Waals surface area contributed by atoms with Gasteiger partial charge in [0.1, 0.15) is 0 Å². The summed E-state index contributed by atoms with van der Waals surface area (Å²) in [5, 5.41) is 15.3. The van der Waals surface area contributed by atoms with Gasteiger partial charge in [-0.05, 0) is 48.2 Å². The smallest absolute Gasteiger partial charge is 0.233 e. The Labute approximate surface area is 158 Å². The van der Waals surface area contributed by atoms with Gasteiger partial charge in [0.05, 0.1) is 11.6 Å². The lowest BCUT2D eigenvalue weighted by Gasteiger charge is -2.16. The van der Waals surface area contributed by atoms with Crippen molar-refractivity contribution in [2.24, 2.45) is 0 Å². The molecule has 7 heteroatoms. The van der Waals surface area contributed by atoms with Crippen LogP contribution in [0.5, 0.6) is 0 Å². The third-order valence-electron chi connectivity index (χ3n) is 4.09. The van der Waals surface area contributed by atoms with Crippen molar-refractivity contribution in [3.63, 3.8) is 0 Å². The Hall–Kier alpha value is -3.66. The van der Waals surface area contributed by atoms with Crippen LogP contribution in [0.25, 0.3) is 0 Å². The van der Waals surface area contributed by atoms with Crippen LogP contribution in [0.4, 0.5) is 29.2 Å². The number of hydrogen-bond acceptors (Lipinski definition) is 7. The molecule has 7 nitrogen and oxygen atoms in total. The molecule has 4 N–H and O–H groups in total. The quantitative estimate of drug-likeness (QED) is 0.624. The van der Waals surface area contributed by atoms with E-state index in [0.717, 1.165) is 16.9 Å². The van der Waals surface area contributed by atoms with Gasteiger partial charge in [-0.15, -0.1) is 0 Å². The topological polar surface area (TPSA) is 113 Å². The van der Waals surface area contributed by atoms with E-state index in [1.54, 1.807) is 24.3 Å². The maximum Gasteiger partial charge on any atom is 0.233 e. The van der Waals surface area contributed by atoms with Crippen LogP contribution in [0, 0.1) is 18.3 Å². The summed E-state index contributed by atoms with van der Waals surface area (Å²) in [5.74, 6) is 1.16. The molecule has 0 aliphatic carbocycles. The van der Waals surface area contributed by atoms with Gasteiger partial charge in [-0.2, -0.15) is 20.2 Å². The summed E-state index contributed by atoms with van der Waals surface area (Å²) in [6.07, 6.45) is 0. The van der Waals surface area contributed by atoms with Gasteiger partial charge in [-0.1, -0.05) is 32.0 Å². The highest BCUT2D eigenvalue weighted by Gasteiger charge is 2.12. The van der Waals surface area contributed by atoms with E-state index in [2.05, 4.69) is 51.6 Å². The second kappa shape index (κ2) is 7.70. The Kier molecular flexibility index (Phi) is 5.18. The fourth-order valence-corrected chi connectivity index (χ4v) is 2.72. The van der Waals surface area contributed by atoms with Crippen molar-refractivity contribution in [3.05, 3.63) is 59.2 Å². The molecule has 0 fully saturated rings. The second-order valence-corrected chi connectivity index (χ2v) is 6.47. The van der Waals surface area contributed by atoms with E-state index in [0.29, 0.717) is 23.4 Å². The van der Waals surface area contributed by atoms with Crippen molar-refractivity contribution < 1.29 is 0 Å². The number of benzene rings is 2. The zero-order chi connectivity index (χ0) is 19.4. The zero-order valence-corrected chi connectivity index (χ0v) is 15.5. The monoisotopic (exact) mass is 359 g/mol. The average Bonchev–Trinajstić information content (AvgIpc) is 2.63. The molecule has 0 saturated heterocycles. The minimum absolute atomic E-state index is 0.114. The van der Waals surface area contributed by atoms with Crippen molar-refractivity contribution in [3.8, 4) is 6.07 Å². The van der Waals surface area contributed by atoms with E-state index in [-0.39, 0.29) is 5.95 Å². The Morgan fingerprint density at radius 1 is 0.963 bits per heavy atom. The molecule has 0 saturated carbocycles. The minimum atomic E-state index is 0.114. The Morgan fingerprint density at radius 2 is 1.63 bits per heavy atom. The SMILES string of the molecule is Cc1cccc(C(C)C)c1Nc1nc(N)nc(Nc2ccc(C#N)cc2)n1. The Balaban J connectivity index is 1.89. The van der Waals surface area contributed by atoms with Gasteiger partial charge in [0, 0.05) is 11.4 Å². The first kappa shape index (κ1) is 18.1. The number of nitrogen functional groups attached to an aromatic ring is 1. The molecular formula is C20H21N7. The van der Waals surface area contributed by atoms with Gasteiger partial charge >= 0.3 is 0 Å². The Morgan fingerprint density at radius 3 is 2.26 bits per heavy atom. The number of nitrogens with one attached hydrogen (secondary N) is 2. The van der Waals surface area contributed by atoms with E-state index in [4.69, 9.17) is 11.0 Å². The predicted octanol–water partition coefficient (Wildman–Crippen LogP) is 4.24. The first-order valence-corrected chi connectivity index (χ1v) is 8.61. The molecular weight excluding hydrogens is 338 g/mol. The molecule has 0 unspecified atom stereocenters. The summed E-state index contributed by atoms with van der Waals surface area (Å²) in [5.41, 5.74) is 10.4. The fourth-order valence-electron chi connectivity index (χ4n) is 2.72. The average molecular weight is 359 g/mol. The van der Waals surface area contributed by atoms with Gasteiger partial charge in [0.2, 0.25) is 17.8 Å². The molecule has 0 amide bonds. The number of hydrogen-bond donors (Lipinski definition) is 3. The summed E-state index contributed by atoms with van der Waals surface area (Å²) in [4.78, 5) is 12.8. The lowest BCUT2D eigenvalue weighted by Crippen LogP contribution is -2.08. The van der Waals surface area contributed by atoms with Gasteiger partial charge in [-0.3, -0.25) is 0 Å². The maximum absolute atomic E-state index is 8.89. The van der Waals surface area contributed by atoms with E-state index >= 15 is 0 Å². The molecule has 3 rings (SSSR count). The molecule has 2 aromatic carbocycles. The summed E-state index contributed by atoms with van der Waals surface area (Å²) >= 11 is 0. The van der Waals surface area contributed by atoms with Crippen molar-refractivity contribution in [2.45, 2.75) is 26.7 Å². The van der Waals surface area contributed by atoms with Crippen LogP contribution in [0.15, 0.2) is 42.5 Å². The summed E-state index contributed by atoms with van der Waals surface area (Å²) in [6, 6.07) is 15.2. The van der Waals surface area contributed by atoms with E-state index in [1.165, 1.54) is 5.56 Å². The second-order valence-electron chi connectivity index (χ2n) is 6.47. The van der Waals surface area contributed by atoms with Crippen molar-refractivity contribution in [1.29, 1.82) is 5.26 Å². The number of para-hydroxylation sites is 1. The van der Waals surface area contributed by atoms with Crippen molar-refractivity contribution >= 4 is 29.2 Å². The lowest BCUT2D eigenvalue weighted by atomic mass is 9.98. The Bertz CT molecular complexity index is 988. The number of nitrogens with zero attached hydrogens (tertiary/aromatic N) is 4. The molecule has 0 bridgehead atoms. The van der Waals surface area contributed by atoms with Crippen LogP contribution in [0.1, 0.15) is 36.5 Å². The molecule has 0 spiro atoms. The predicted molar refractivity (Wildman–Crippen MR) is 107 cm³/mol. The molecule has 0 aliphatic rings. The van der Waals surface area contributed by atoms with Crippen molar-refractivity contribution in [2.75, 3.05) is 16.4 Å². The maximum atomic E-state index is 8.89. The largest absolute Gasteiger partial charge is 0.368 e. The van der Waals surface area contributed by atoms with Crippen LogP contribution in [0.2, 0.25) is 0 Å². The van der Waals surface area contributed by atoms with Crippen LogP contribution in [-0.4, -0.2) is 15.0 Å². The number of rotatable bonds is 5. The minimum Gasteiger partial charge on any atom is -0.368 e. The number of aromatic nitrogens is 3. The first-order valence-electron chi connectivity index (χ1n) is 8.61. The van der Waals surface area contributed by atoms with Gasteiger partial charge < -0.3 is 16.4 Å². The fraction of sp³-hybridized carbons (Fsp3) is 0.200. The summed E-state index contributed by atoms with van der Waals surface area (Å²) in [7, 11) is 0. The van der Waals surface area contributed by atoms with Crippen LogP contribution in [-0.2, 0) is 0 Å². The molecule has 0 radical (unpaired) electrons. The number of nitrogens with two attached hydrogens (primary N) is 1. The zero-order valence-electron chi connectivity index (χ0n) is 15.5. The number of aryl methyl sites for hydroxylation is 1. The standard InChI is InChI=1S/C20H21N7/c1-12(2)16-6-4-5-13(3)17(16)24-20-26-18(22)25-19(27-20)23-15-9-7-14(11-21)8-10-15/h4-10,12H,1-3H3,(H4,22,23,24,25,26,27). The lowest BCUT2D eigenvalue weighted by molar-refractivity contribution is 0.866. The molecule has 1 aromatic heterocycles. The van der Waals surface area contributed by atoms with E-state index in [1.807, 2.05) is 19.1 Å².